The molecule has 0 saturated carbocycles. The zero-order valence-corrected chi connectivity index (χ0v) is 17.3. The minimum Gasteiger partial charge on any atom is -0.338 e. The van der Waals surface area contributed by atoms with Gasteiger partial charge in [-0.25, -0.2) is 4.39 Å². The first-order chi connectivity index (χ1) is 14.1. The van der Waals surface area contributed by atoms with E-state index in [1.807, 2.05) is 30.6 Å². The Bertz CT molecular complexity index is 932. The van der Waals surface area contributed by atoms with Gasteiger partial charge in [0.2, 0.25) is 5.91 Å². The molecule has 29 heavy (non-hydrogen) atoms. The SMILES string of the molecule is CN(Cc1cc(-c2cccs2)n[nH]1)C(=O)C(c1ccc(F)cc1)N1CCCCC1. The van der Waals surface area contributed by atoms with Gasteiger partial charge < -0.3 is 4.90 Å². The Morgan fingerprint density at radius 3 is 2.69 bits per heavy atom. The molecule has 1 atom stereocenters. The molecule has 3 heterocycles. The number of hydrogen-bond acceptors (Lipinski definition) is 4. The first kappa shape index (κ1) is 19.8. The number of likely N-dealkylation sites (N-methyl/N-ethyl adjacent to an activating group) is 1. The summed E-state index contributed by atoms with van der Waals surface area (Å²) >= 11 is 1.64. The Morgan fingerprint density at radius 2 is 2.00 bits per heavy atom. The lowest BCUT2D eigenvalue weighted by Crippen LogP contribution is -2.43. The van der Waals surface area contributed by atoms with Gasteiger partial charge in [0.25, 0.3) is 0 Å². The second-order valence-corrected chi connectivity index (χ2v) is 8.45. The first-order valence-electron chi connectivity index (χ1n) is 9.94. The molecule has 0 spiro atoms. The van der Waals surface area contributed by atoms with Crippen LogP contribution in [0.4, 0.5) is 4.39 Å². The molecule has 2 aromatic heterocycles. The fourth-order valence-electron chi connectivity index (χ4n) is 3.87. The van der Waals surface area contributed by atoms with Gasteiger partial charge in [0, 0.05) is 7.05 Å². The lowest BCUT2D eigenvalue weighted by Gasteiger charge is -2.36. The van der Waals surface area contributed by atoms with E-state index in [9.17, 15) is 9.18 Å². The van der Waals surface area contributed by atoms with Crippen molar-refractivity contribution in [1.82, 2.24) is 20.0 Å². The van der Waals surface area contributed by atoms with Gasteiger partial charge in [0.15, 0.2) is 0 Å². The van der Waals surface area contributed by atoms with Gasteiger partial charge in [-0.1, -0.05) is 24.6 Å². The number of piperidine rings is 1. The Labute approximate surface area is 174 Å². The fraction of sp³-hybridized carbons (Fsp3) is 0.364. The number of rotatable bonds is 6. The van der Waals surface area contributed by atoms with Crippen LogP contribution in [0.5, 0.6) is 0 Å². The van der Waals surface area contributed by atoms with Crippen LogP contribution in [0, 0.1) is 5.82 Å². The van der Waals surface area contributed by atoms with Crippen LogP contribution in [-0.4, -0.2) is 46.0 Å². The third kappa shape index (κ3) is 4.57. The van der Waals surface area contributed by atoms with Crippen LogP contribution in [-0.2, 0) is 11.3 Å². The minimum absolute atomic E-state index is 0.0192. The summed E-state index contributed by atoms with van der Waals surface area (Å²) in [5.74, 6) is -0.267. The number of hydrogen-bond donors (Lipinski definition) is 1. The van der Waals surface area contributed by atoms with E-state index in [2.05, 4.69) is 15.1 Å². The lowest BCUT2D eigenvalue weighted by molar-refractivity contribution is -0.137. The number of likely N-dealkylation sites (tertiary alicyclic amines) is 1. The summed E-state index contributed by atoms with van der Waals surface area (Å²) in [5, 5.41) is 9.43. The average Bonchev–Trinajstić information content (AvgIpc) is 3.42. The van der Waals surface area contributed by atoms with Crippen molar-refractivity contribution in [1.29, 1.82) is 0 Å². The predicted octanol–water partition coefficient (Wildman–Crippen LogP) is 4.46. The molecule has 0 bridgehead atoms. The second kappa shape index (κ2) is 8.88. The third-order valence-electron chi connectivity index (χ3n) is 5.36. The van der Waals surface area contributed by atoms with Gasteiger partial charge in [-0.05, 0) is 61.1 Å². The maximum Gasteiger partial charge on any atom is 0.244 e. The summed E-state index contributed by atoms with van der Waals surface area (Å²) in [5.41, 5.74) is 2.62. The number of aromatic nitrogens is 2. The largest absolute Gasteiger partial charge is 0.338 e. The molecular weight excluding hydrogens is 387 g/mol. The van der Waals surface area contributed by atoms with E-state index in [0.717, 1.165) is 47.8 Å². The number of thiophene rings is 1. The van der Waals surface area contributed by atoms with E-state index in [0.29, 0.717) is 6.54 Å². The number of amides is 1. The van der Waals surface area contributed by atoms with E-state index < -0.39 is 0 Å². The van der Waals surface area contributed by atoms with E-state index in [4.69, 9.17) is 0 Å². The number of nitrogens with zero attached hydrogens (tertiary/aromatic N) is 3. The number of H-pyrrole nitrogens is 1. The van der Waals surface area contributed by atoms with Crippen molar-refractivity contribution < 1.29 is 9.18 Å². The van der Waals surface area contributed by atoms with Crippen LogP contribution in [0.15, 0.2) is 47.8 Å². The van der Waals surface area contributed by atoms with E-state index >= 15 is 0 Å². The standard InChI is InChI=1S/C22H25FN4OS/c1-26(15-18-14-19(25-24-18)20-6-5-13-29-20)22(28)21(27-11-3-2-4-12-27)16-7-9-17(23)10-8-16/h5-10,13-14,21H,2-4,11-12,15H2,1H3,(H,24,25). The smallest absolute Gasteiger partial charge is 0.244 e. The molecule has 1 aromatic carbocycles. The molecule has 1 unspecified atom stereocenters. The molecule has 1 amide bonds. The minimum atomic E-state index is -0.388. The van der Waals surface area contributed by atoms with Crippen LogP contribution >= 0.6 is 11.3 Å². The van der Waals surface area contributed by atoms with Crippen LogP contribution in [0.2, 0.25) is 0 Å². The van der Waals surface area contributed by atoms with Crippen molar-refractivity contribution >= 4 is 17.2 Å². The van der Waals surface area contributed by atoms with Crippen molar-refractivity contribution in [3.63, 3.8) is 0 Å². The van der Waals surface area contributed by atoms with Crippen LogP contribution in [0.3, 0.4) is 0 Å². The first-order valence-corrected chi connectivity index (χ1v) is 10.8. The number of nitrogens with one attached hydrogen (secondary N) is 1. The Balaban J connectivity index is 1.52. The second-order valence-electron chi connectivity index (χ2n) is 7.50. The van der Waals surface area contributed by atoms with Crippen LogP contribution < -0.4 is 0 Å². The lowest BCUT2D eigenvalue weighted by atomic mass is 10.0. The molecule has 0 radical (unpaired) electrons. The molecule has 1 fully saturated rings. The summed E-state index contributed by atoms with van der Waals surface area (Å²) in [6, 6.07) is 11.9. The Kier molecular flexibility index (Phi) is 6.06. The van der Waals surface area contributed by atoms with Gasteiger partial charge in [-0.3, -0.25) is 14.8 Å². The topological polar surface area (TPSA) is 52.2 Å². The number of benzene rings is 1. The molecule has 5 nitrogen and oxygen atoms in total. The molecule has 1 saturated heterocycles. The molecular formula is C22H25FN4OS. The van der Waals surface area contributed by atoms with E-state index in [1.165, 1.54) is 18.6 Å². The molecule has 4 rings (SSSR count). The van der Waals surface area contributed by atoms with Gasteiger partial charge in [-0.15, -0.1) is 11.3 Å². The summed E-state index contributed by atoms with van der Waals surface area (Å²) in [6.07, 6.45) is 3.36. The van der Waals surface area contributed by atoms with Crippen molar-refractivity contribution in [2.75, 3.05) is 20.1 Å². The van der Waals surface area contributed by atoms with Crippen molar-refractivity contribution in [3.05, 3.63) is 64.9 Å². The molecule has 1 N–H and O–H groups in total. The number of carbonyl (C=O) groups excluding carboxylic acids is 1. The van der Waals surface area contributed by atoms with Crippen molar-refractivity contribution in [3.8, 4) is 10.6 Å². The van der Waals surface area contributed by atoms with Gasteiger partial charge in [0.05, 0.1) is 17.1 Å². The van der Waals surface area contributed by atoms with E-state index in [-0.39, 0.29) is 17.8 Å². The molecule has 1 aliphatic rings. The zero-order valence-electron chi connectivity index (χ0n) is 16.5. The van der Waals surface area contributed by atoms with Gasteiger partial charge in [0.1, 0.15) is 17.6 Å². The summed E-state index contributed by atoms with van der Waals surface area (Å²) in [7, 11) is 1.81. The molecule has 3 aromatic rings. The fourth-order valence-corrected chi connectivity index (χ4v) is 4.55. The van der Waals surface area contributed by atoms with Crippen molar-refractivity contribution in [2.24, 2.45) is 0 Å². The highest BCUT2D eigenvalue weighted by Gasteiger charge is 2.31. The normalized spacial score (nSPS) is 15.9. The number of aromatic amines is 1. The summed E-state index contributed by atoms with van der Waals surface area (Å²) < 4.78 is 13.4. The van der Waals surface area contributed by atoms with Gasteiger partial charge >= 0.3 is 0 Å². The van der Waals surface area contributed by atoms with Gasteiger partial charge in [-0.2, -0.15) is 5.10 Å². The number of carbonyl (C=O) groups is 1. The molecule has 1 aliphatic heterocycles. The van der Waals surface area contributed by atoms with Crippen molar-refractivity contribution in [2.45, 2.75) is 31.8 Å². The molecule has 0 aliphatic carbocycles. The highest BCUT2D eigenvalue weighted by Crippen LogP contribution is 2.28. The predicted molar refractivity (Wildman–Crippen MR) is 113 cm³/mol. The maximum atomic E-state index is 13.4. The highest BCUT2D eigenvalue weighted by atomic mass is 32.1. The Hall–Kier alpha value is -2.51. The zero-order chi connectivity index (χ0) is 20.2. The quantitative estimate of drug-likeness (QED) is 0.650. The molecule has 152 valence electrons. The number of halogens is 1. The Morgan fingerprint density at radius 1 is 1.24 bits per heavy atom. The van der Waals surface area contributed by atoms with Crippen LogP contribution in [0.1, 0.15) is 36.6 Å². The van der Waals surface area contributed by atoms with Crippen LogP contribution in [0.25, 0.3) is 10.6 Å². The maximum absolute atomic E-state index is 13.4. The van der Waals surface area contributed by atoms with E-state index in [1.54, 1.807) is 28.4 Å². The third-order valence-corrected chi connectivity index (χ3v) is 6.26. The summed E-state index contributed by atoms with van der Waals surface area (Å²) in [6.45, 7) is 2.21. The monoisotopic (exact) mass is 412 g/mol. The average molecular weight is 413 g/mol. The summed E-state index contributed by atoms with van der Waals surface area (Å²) in [4.78, 5) is 18.5. The highest BCUT2D eigenvalue weighted by molar-refractivity contribution is 7.13. The molecule has 7 heteroatoms.